The standard InChI is InChI=1S/C22H17ClFN7O/c1-2-15(29-20-18-19(26-10-25-18)27-11-28-20)21-30-16-8-7-12(24)9-13(16)22(32)31(21)17-6-4-3-5-14(17)23/h3-11,15H,2H2,1H3,(H2,25,26,27,28,29)/t15-/m0/s1. The molecule has 1 atom stereocenters. The Morgan fingerprint density at radius 1 is 1.19 bits per heavy atom. The Labute approximate surface area is 186 Å². The van der Waals surface area contributed by atoms with Gasteiger partial charge in [0, 0.05) is 0 Å². The molecule has 5 rings (SSSR count). The molecule has 0 aliphatic heterocycles. The molecule has 2 N–H and O–H groups in total. The van der Waals surface area contributed by atoms with Gasteiger partial charge in [-0.15, -0.1) is 0 Å². The number of hydrogen-bond acceptors (Lipinski definition) is 6. The minimum atomic E-state index is -0.511. The zero-order valence-corrected chi connectivity index (χ0v) is 17.6. The zero-order chi connectivity index (χ0) is 22.2. The molecule has 0 aliphatic carbocycles. The number of nitrogens with zero attached hydrogens (tertiary/aromatic N) is 5. The van der Waals surface area contributed by atoms with Crippen LogP contribution in [0.15, 0.2) is 59.9 Å². The predicted octanol–water partition coefficient (Wildman–Crippen LogP) is 4.41. The molecule has 32 heavy (non-hydrogen) atoms. The Kier molecular flexibility index (Phi) is 5.02. The molecule has 3 heterocycles. The van der Waals surface area contributed by atoms with E-state index in [1.165, 1.54) is 35.4 Å². The lowest BCUT2D eigenvalue weighted by atomic mass is 10.1. The average Bonchev–Trinajstić information content (AvgIpc) is 3.28. The predicted molar refractivity (Wildman–Crippen MR) is 121 cm³/mol. The molecule has 8 nitrogen and oxygen atoms in total. The van der Waals surface area contributed by atoms with E-state index in [2.05, 4.69) is 25.3 Å². The lowest BCUT2D eigenvalue weighted by Gasteiger charge is -2.22. The SMILES string of the molecule is CC[C@H](Nc1ncnc2nc[nH]c12)c1nc2ccc(F)cc2c(=O)n1-c1ccccc1Cl. The molecule has 0 aliphatic rings. The highest BCUT2D eigenvalue weighted by atomic mass is 35.5. The Hall–Kier alpha value is -3.85. The summed E-state index contributed by atoms with van der Waals surface area (Å²) in [5.74, 6) is 0.442. The first-order valence-corrected chi connectivity index (χ1v) is 10.3. The fourth-order valence-corrected chi connectivity index (χ4v) is 3.88. The van der Waals surface area contributed by atoms with Crippen molar-refractivity contribution < 1.29 is 4.39 Å². The third-order valence-corrected chi connectivity index (χ3v) is 5.52. The summed E-state index contributed by atoms with van der Waals surface area (Å²) in [5.41, 5.74) is 1.60. The fourth-order valence-electron chi connectivity index (χ4n) is 3.66. The normalized spacial score (nSPS) is 12.3. The minimum absolute atomic E-state index is 0.168. The van der Waals surface area contributed by atoms with Gasteiger partial charge in [0.1, 0.15) is 23.5 Å². The molecule has 5 aromatic rings. The van der Waals surface area contributed by atoms with Gasteiger partial charge in [-0.05, 0) is 36.8 Å². The number of nitrogens with one attached hydrogen (secondary N) is 2. The van der Waals surface area contributed by atoms with Gasteiger partial charge in [-0.2, -0.15) is 0 Å². The number of para-hydroxylation sites is 1. The summed E-state index contributed by atoms with van der Waals surface area (Å²) in [5, 5.41) is 3.89. The van der Waals surface area contributed by atoms with E-state index >= 15 is 0 Å². The number of halogens is 2. The van der Waals surface area contributed by atoms with Gasteiger partial charge in [0.25, 0.3) is 5.56 Å². The van der Waals surface area contributed by atoms with Crippen molar-refractivity contribution in [1.82, 2.24) is 29.5 Å². The number of benzene rings is 2. The number of fused-ring (bicyclic) bond motifs is 2. The van der Waals surface area contributed by atoms with Crippen LogP contribution in [0.1, 0.15) is 25.2 Å². The fraction of sp³-hybridized carbons (Fsp3) is 0.136. The number of imidazole rings is 1. The molecule has 0 fully saturated rings. The summed E-state index contributed by atoms with van der Waals surface area (Å²) in [6.45, 7) is 1.96. The topological polar surface area (TPSA) is 101 Å². The molecule has 0 radical (unpaired) electrons. The molecule has 0 amide bonds. The molecular weight excluding hydrogens is 433 g/mol. The first-order valence-electron chi connectivity index (χ1n) is 9.94. The highest BCUT2D eigenvalue weighted by Gasteiger charge is 2.23. The van der Waals surface area contributed by atoms with Crippen molar-refractivity contribution in [2.75, 3.05) is 5.32 Å². The van der Waals surface area contributed by atoms with Crippen LogP contribution in [-0.2, 0) is 0 Å². The van der Waals surface area contributed by atoms with Gasteiger partial charge in [-0.1, -0.05) is 30.7 Å². The van der Waals surface area contributed by atoms with Gasteiger partial charge in [0.15, 0.2) is 11.5 Å². The van der Waals surface area contributed by atoms with E-state index in [4.69, 9.17) is 16.6 Å². The number of aromatic amines is 1. The van der Waals surface area contributed by atoms with Gasteiger partial charge in [-0.25, -0.2) is 24.3 Å². The Bertz CT molecular complexity index is 1510. The molecule has 160 valence electrons. The Morgan fingerprint density at radius 2 is 2.03 bits per heavy atom. The van der Waals surface area contributed by atoms with Gasteiger partial charge < -0.3 is 10.3 Å². The van der Waals surface area contributed by atoms with E-state index in [1.807, 2.05) is 6.92 Å². The highest BCUT2D eigenvalue weighted by molar-refractivity contribution is 6.32. The van der Waals surface area contributed by atoms with Crippen molar-refractivity contribution >= 4 is 39.5 Å². The lowest BCUT2D eigenvalue weighted by molar-refractivity contribution is 0.628. The second kappa shape index (κ2) is 8.01. The van der Waals surface area contributed by atoms with Crippen LogP contribution in [-0.4, -0.2) is 29.5 Å². The summed E-state index contributed by atoms with van der Waals surface area (Å²) in [6.07, 6.45) is 3.52. The summed E-state index contributed by atoms with van der Waals surface area (Å²) >= 11 is 6.44. The van der Waals surface area contributed by atoms with E-state index in [0.717, 1.165) is 0 Å². The third-order valence-electron chi connectivity index (χ3n) is 5.20. The second-order valence-corrected chi connectivity index (χ2v) is 7.56. The van der Waals surface area contributed by atoms with E-state index in [1.54, 1.807) is 24.3 Å². The summed E-state index contributed by atoms with van der Waals surface area (Å²) < 4.78 is 15.3. The summed E-state index contributed by atoms with van der Waals surface area (Å²) in [7, 11) is 0. The molecule has 0 saturated carbocycles. The van der Waals surface area contributed by atoms with E-state index in [0.29, 0.717) is 45.5 Å². The number of rotatable bonds is 5. The van der Waals surface area contributed by atoms with Crippen molar-refractivity contribution in [3.05, 3.63) is 82.1 Å². The Morgan fingerprint density at radius 3 is 2.84 bits per heavy atom. The van der Waals surface area contributed by atoms with Gasteiger partial charge in [0.2, 0.25) is 0 Å². The molecule has 3 aromatic heterocycles. The van der Waals surface area contributed by atoms with Crippen molar-refractivity contribution in [2.45, 2.75) is 19.4 Å². The van der Waals surface area contributed by atoms with E-state index < -0.39 is 17.4 Å². The quantitative estimate of drug-likeness (QED) is 0.412. The summed E-state index contributed by atoms with van der Waals surface area (Å²) in [4.78, 5) is 33.9. The van der Waals surface area contributed by atoms with Gasteiger partial charge in [-0.3, -0.25) is 9.36 Å². The average molecular weight is 450 g/mol. The highest BCUT2D eigenvalue weighted by Crippen LogP contribution is 2.28. The Balaban J connectivity index is 1.75. The van der Waals surface area contributed by atoms with Crippen LogP contribution in [0, 0.1) is 5.82 Å². The number of hydrogen-bond donors (Lipinski definition) is 2. The number of anilines is 1. The second-order valence-electron chi connectivity index (χ2n) is 7.15. The lowest BCUT2D eigenvalue weighted by Crippen LogP contribution is -2.28. The van der Waals surface area contributed by atoms with Crippen LogP contribution in [0.3, 0.4) is 0 Å². The van der Waals surface area contributed by atoms with Crippen molar-refractivity contribution in [1.29, 1.82) is 0 Å². The van der Waals surface area contributed by atoms with Crippen molar-refractivity contribution in [2.24, 2.45) is 0 Å². The van der Waals surface area contributed by atoms with E-state index in [9.17, 15) is 9.18 Å². The maximum atomic E-state index is 13.9. The summed E-state index contributed by atoms with van der Waals surface area (Å²) in [6, 6.07) is 10.5. The molecular formula is C22H17ClFN7O. The van der Waals surface area contributed by atoms with Crippen molar-refractivity contribution in [3.63, 3.8) is 0 Å². The molecule has 0 saturated heterocycles. The van der Waals surface area contributed by atoms with E-state index in [-0.39, 0.29) is 5.39 Å². The molecule has 0 spiro atoms. The molecule has 0 bridgehead atoms. The zero-order valence-electron chi connectivity index (χ0n) is 16.9. The third kappa shape index (κ3) is 3.36. The van der Waals surface area contributed by atoms with Crippen LogP contribution in [0.25, 0.3) is 27.8 Å². The molecule has 10 heteroatoms. The largest absolute Gasteiger partial charge is 0.358 e. The minimum Gasteiger partial charge on any atom is -0.358 e. The van der Waals surface area contributed by atoms with Gasteiger partial charge in [0.05, 0.1) is 34.0 Å². The number of H-pyrrole nitrogens is 1. The number of aromatic nitrogens is 6. The smallest absolute Gasteiger partial charge is 0.266 e. The molecule has 2 aromatic carbocycles. The first kappa shape index (κ1) is 20.1. The monoisotopic (exact) mass is 449 g/mol. The maximum absolute atomic E-state index is 13.9. The van der Waals surface area contributed by atoms with Crippen LogP contribution in [0.2, 0.25) is 5.02 Å². The van der Waals surface area contributed by atoms with Crippen LogP contribution in [0.5, 0.6) is 0 Å². The molecule has 0 unspecified atom stereocenters. The maximum Gasteiger partial charge on any atom is 0.266 e. The first-order chi connectivity index (χ1) is 15.6. The van der Waals surface area contributed by atoms with Crippen LogP contribution >= 0.6 is 11.6 Å². The van der Waals surface area contributed by atoms with Crippen LogP contribution in [0.4, 0.5) is 10.2 Å². The van der Waals surface area contributed by atoms with Crippen molar-refractivity contribution in [3.8, 4) is 5.69 Å². The van der Waals surface area contributed by atoms with Crippen LogP contribution < -0.4 is 10.9 Å². The van der Waals surface area contributed by atoms with Gasteiger partial charge >= 0.3 is 0 Å².